The molecule has 4 rings (SSSR count). The van der Waals surface area contributed by atoms with Crippen LogP contribution in [0, 0.1) is 6.92 Å². The first-order valence-corrected chi connectivity index (χ1v) is 12.3. The zero-order chi connectivity index (χ0) is 22.2. The number of pyridine rings is 1. The lowest BCUT2D eigenvalue weighted by atomic mass is 9.99. The molecule has 1 aromatic carbocycles. The highest BCUT2D eigenvalue weighted by molar-refractivity contribution is 7.89. The minimum atomic E-state index is -3.46. The Morgan fingerprint density at radius 1 is 1.10 bits per heavy atom. The number of rotatable bonds is 6. The van der Waals surface area contributed by atoms with E-state index in [0.717, 1.165) is 35.3 Å². The molecule has 3 aromatic rings. The van der Waals surface area contributed by atoms with Gasteiger partial charge in [-0.15, -0.1) is 0 Å². The van der Waals surface area contributed by atoms with Gasteiger partial charge < -0.3 is 0 Å². The van der Waals surface area contributed by atoms with Crippen LogP contribution < -0.4 is 0 Å². The molecule has 1 atom stereocenters. The number of piperazine rings is 1. The molecule has 7 nitrogen and oxygen atoms in total. The van der Waals surface area contributed by atoms with Gasteiger partial charge in [0, 0.05) is 51.4 Å². The van der Waals surface area contributed by atoms with Crippen LogP contribution in [0.25, 0.3) is 11.0 Å². The fourth-order valence-electron chi connectivity index (χ4n) is 4.18. The number of nitrogens with zero attached hydrogens (tertiary/aromatic N) is 5. The summed E-state index contributed by atoms with van der Waals surface area (Å²) < 4.78 is 29.6. The Morgan fingerprint density at radius 3 is 2.42 bits per heavy atom. The van der Waals surface area contributed by atoms with Crippen LogP contribution in [-0.2, 0) is 23.6 Å². The molecule has 1 unspecified atom stereocenters. The molecule has 1 aliphatic heterocycles. The topological polar surface area (TPSA) is 71.3 Å². The summed E-state index contributed by atoms with van der Waals surface area (Å²) in [5, 5.41) is 5.50. The Hall–Kier alpha value is -2.29. The number of aromatic nitrogens is 3. The molecule has 1 saturated heterocycles. The normalized spacial score (nSPS) is 17.3. The standard InChI is InChI=1S/C23H31N5O2S/c1-5-17(2)20-6-8-21(9-7-20)31(29,30)28-12-10-27(11-13-28)16-19-14-22-18(3)25-26(4)23(22)24-15-19/h6-9,14-15,17H,5,10-13,16H2,1-4H3. The third-order valence-electron chi connectivity index (χ3n) is 6.36. The monoisotopic (exact) mass is 441 g/mol. The molecule has 2 aromatic heterocycles. The minimum absolute atomic E-state index is 0.384. The lowest BCUT2D eigenvalue weighted by Crippen LogP contribution is -2.48. The summed E-state index contributed by atoms with van der Waals surface area (Å²) in [6.07, 6.45) is 2.93. The van der Waals surface area contributed by atoms with Crippen molar-refractivity contribution >= 4 is 21.1 Å². The van der Waals surface area contributed by atoms with Crippen LogP contribution in [0.3, 0.4) is 0 Å². The van der Waals surface area contributed by atoms with E-state index >= 15 is 0 Å². The van der Waals surface area contributed by atoms with Crippen molar-refractivity contribution in [1.82, 2.24) is 24.0 Å². The van der Waals surface area contributed by atoms with Gasteiger partial charge in [0.05, 0.1) is 10.6 Å². The van der Waals surface area contributed by atoms with Crippen molar-refractivity contribution in [2.24, 2.45) is 7.05 Å². The Kier molecular flexibility index (Phi) is 6.14. The quantitative estimate of drug-likeness (QED) is 0.587. The Morgan fingerprint density at radius 2 is 1.77 bits per heavy atom. The van der Waals surface area contributed by atoms with Gasteiger partial charge in [-0.25, -0.2) is 13.4 Å². The zero-order valence-electron chi connectivity index (χ0n) is 18.7. The van der Waals surface area contributed by atoms with Crippen molar-refractivity contribution in [2.45, 2.75) is 44.6 Å². The summed E-state index contributed by atoms with van der Waals surface area (Å²) in [6.45, 7) is 9.45. The van der Waals surface area contributed by atoms with Gasteiger partial charge in [-0.2, -0.15) is 9.40 Å². The second kappa shape index (κ2) is 8.68. The number of sulfonamides is 1. The second-order valence-corrected chi connectivity index (χ2v) is 10.4. The summed E-state index contributed by atoms with van der Waals surface area (Å²) in [5.74, 6) is 0.435. The van der Waals surface area contributed by atoms with Crippen molar-refractivity contribution in [3.8, 4) is 0 Å². The second-order valence-electron chi connectivity index (χ2n) is 8.48. The first-order chi connectivity index (χ1) is 14.8. The lowest BCUT2D eigenvalue weighted by molar-refractivity contribution is 0.181. The number of aryl methyl sites for hydroxylation is 2. The zero-order valence-corrected chi connectivity index (χ0v) is 19.6. The van der Waals surface area contributed by atoms with Gasteiger partial charge >= 0.3 is 0 Å². The molecule has 0 bridgehead atoms. The van der Waals surface area contributed by atoms with E-state index in [1.54, 1.807) is 21.1 Å². The molecule has 1 aliphatic rings. The van der Waals surface area contributed by atoms with Crippen LogP contribution in [0.15, 0.2) is 41.4 Å². The molecule has 0 amide bonds. The summed E-state index contributed by atoms with van der Waals surface area (Å²) in [7, 11) is -1.55. The Balaban J connectivity index is 1.40. The van der Waals surface area contributed by atoms with Crippen molar-refractivity contribution in [2.75, 3.05) is 26.2 Å². The maximum atomic E-state index is 13.1. The smallest absolute Gasteiger partial charge is 0.243 e. The average Bonchev–Trinajstić information content (AvgIpc) is 3.06. The van der Waals surface area contributed by atoms with E-state index in [4.69, 9.17) is 0 Å². The minimum Gasteiger partial charge on any atom is -0.296 e. The van der Waals surface area contributed by atoms with E-state index in [-0.39, 0.29) is 0 Å². The third kappa shape index (κ3) is 4.37. The van der Waals surface area contributed by atoms with Gasteiger partial charge in [0.25, 0.3) is 0 Å². The number of hydrogen-bond donors (Lipinski definition) is 0. The molecule has 3 heterocycles. The predicted octanol–water partition coefficient (Wildman–Crippen LogP) is 3.30. The lowest BCUT2D eigenvalue weighted by Gasteiger charge is -2.34. The maximum absolute atomic E-state index is 13.1. The molecule has 31 heavy (non-hydrogen) atoms. The predicted molar refractivity (Wildman–Crippen MR) is 122 cm³/mol. The number of benzene rings is 1. The van der Waals surface area contributed by atoms with E-state index in [0.29, 0.717) is 37.0 Å². The van der Waals surface area contributed by atoms with Crippen LogP contribution in [0.1, 0.15) is 43.0 Å². The van der Waals surface area contributed by atoms with E-state index in [1.165, 1.54) is 5.56 Å². The molecule has 0 N–H and O–H groups in total. The van der Waals surface area contributed by atoms with E-state index < -0.39 is 10.0 Å². The van der Waals surface area contributed by atoms with Crippen LogP contribution in [0.4, 0.5) is 0 Å². The van der Waals surface area contributed by atoms with Gasteiger partial charge in [-0.3, -0.25) is 9.58 Å². The van der Waals surface area contributed by atoms with E-state index in [1.807, 2.05) is 32.3 Å². The maximum Gasteiger partial charge on any atom is 0.243 e. The van der Waals surface area contributed by atoms with Crippen molar-refractivity contribution in [3.63, 3.8) is 0 Å². The fraction of sp³-hybridized carbons (Fsp3) is 0.478. The van der Waals surface area contributed by atoms with Gasteiger partial charge in [0.15, 0.2) is 5.65 Å². The molecule has 8 heteroatoms. The van der Waals surface area contributed by atoms with Crippen molar-refractivity contribution < 1.29 is 8.42 Å². The van der Waals surface area contributed by atoms with Crippen LogP contribution in [-0.4, -0.2) is 58.6 Å². The fourth-order valence-corrected chi connectivity index (χ4v) is 5.60. The molecular formula is C23H31N5O2S. The van der Waals surface area contributed by atoms with Crippen LogP contribution in [0.5, 0.6) is 0 Å². The summed E-state index contributed by atoms with van der Waals surface area (Å²) in [5.41, 5.74) is 4.17. The molecule has 0 saturated carbocycles. The SMILES string of the molecule is CCC(C)c1ccc(S(=O)(=O)N2CCN(Cc3cnc4c(c3)c(C)nn4C)CC2)cc1. The largest absolute Gasteiger partial charge is 0.296 e. The summed E-state index contributed by atoms with van der Waals surface area (Å²) >= 11 is 0. The highest BCUT2D eigenvalue weighted by Crippen LogP contribution is 2.24. The Labute approximate surface area is 184 Å². The van der Waals surface area contributed by atoms with E-state index in [9.17, 15) is 8.42 Å². The summed E-state index contributed by atoms with van der Waals surface area (Å²) in [4.78, 5) is 7.22. The number of fused-ring (bicyclic) bond motifs is 1. The van der Waals surface area contributed by atoms with Crippen LogP contribution in [0.2, 0.25) is 0 Å². The first kappa shape index (κ1) is 21.9. The summed E-state index contributed by atoms with van der Waals surface area (Å²) in [6, 6.07) is 9.54. The van der Waals surface area contributed by atoms with Gasteiger partial charge in [-0.1, -0.05) is 26.0 Å². The molecule has 1 fully saturated rings. The van der Waals surface area contributed by atoms with Crippen LogP contribution >= 0.6 is 0 Å². The van der Waals surface area contributed by atoms with Gasteiger partial charge in [-0.05, 0) is 48.6 Å². The van der Waals surface area contributed by atoms with Gasteiger partial charge in [0.2, 0.25) is 10.0 Å². The highest BCUT2D eigenvalue weighted by atomic mass is 32.2. The molecular weight excluding hydrogens is 410 g/mol. The van der Waals surface area contributed by atoms with Gasteiger partial charge in [0.1, 0.15) is 0 Å². The molecule has 0 radical (unpaired) electrons. The Bertz CT molecular complexity index is 1160. The van der Waals surface area contributed by atoms with Crippen molar-refractivity contribution in [1.29, 1.82) is 0 Å². The molecule has 0 spiro atoms. The first-order valence-electron chi connectivity index (χ1n) is 10.9. The number of hydrogen-bond acceptors (Lipinski definition) is 5. The highest BCUT2D eigenvalue weighted by Gasteiger charge is 2.28. The average molecular weight is 442 g/mol. The van der Waals surface area contributed by atoms with Crippen molar-refractivity contribution in [3.05, 3.63) is 53.3 Å². The third-order valence-corrected chi connectivity index (χ3v) is 8.27. The molecule has 166 valence electrons. The van der Waals surface area contributed by atoms with E-state index in [2.05, 4.69) is 34.9 Å². The molecule has 0 aliphatic carbocycles.